The fourth-order valence-corrected chi connectivity index (χ4v) is 1.63. The molecule has 1 aromatic rings. The molecule has 2 unspecified atom stereocenters. The van der Waals surface area contributed by atoms with E-state index in [0.29, 0.717) is 0 Å². The van der Waals surface area contributed by atoms with Crippen LogP contribution in [0.1, 0.15) is 37.7 Å². The molecular formula is C11H19N3O. The Morgan fingerprint density at radius 2 is 2.00 bits per heavy atom. The second-order valence-electron chi connectivity index (χ2n) is 3.83. The molecule has 2 N–H and O–H groups in total. The van der Waals surface area contributed by atoms with Crippen LogP contribution in [0.3, 0.4) is 0 Å². The van der Waals surface area contributed by atoms with Crippen molar-refractivity contribution in [1.82, 2.24) is 15.3 Å². The Hall–Kier alpha value is -1.00. The summed E-state index contributed by atoms with van der Waals surface area (Å²) in [4.78, 5) is 8.51. The van der Waals surface area contributed by atoms with E-state index < -0.39 is 0 Å². The van der Waals surface area contributed by atoms with Crippen molar-refractivity contribution < 1.29 is 5.11 Å². The van der Waals surface area contributed by atoms with Gasteiger partial charge in [0.05, 0.1) is 11.4 Å². The van der Waals surface area contributed by atoms with Crippen LogP contribution in [0.5, 0.6) is 0 Å². The second-order valence-corrected chi connectivity index (χ2v) is 3.83. The van der Waals surface area contributed by atoms with E-state index in [1.807, 2.05) is 6.92 Å². The van der Waals surface area contributed by atoms with E-state index in [2.05, 4.69) is 29.1 Å². The van der Waals surface area contributed by atoms with Crippen molar-refractivity contribution in [3.63, 3.8) is 0 Å². The maximum atomic E-state index is 8.81. The fourth-order valence-electron chi connectivity index (χ4n) is 1.63. The van der Waals surface area contributed by atoms with Crippen LogP contribution in [0.2, 0.25) is 0 Å². The van der Waals surface area contributed by atoms with Gasteiger partial charge in [-0.25, -0.2) is 0 Å². The summed E-state index contributed by atoms with van der Waals surface area (Å²) in [5, 5.41) is 12.2. The zero-order valence-electron chi connectivity index (χ0n) is 9.57. The maximum Gasteiger partial charge on any atom is 0.0782 e. The van der Waals surface area contributed by atoms with Gasteiger partial charge >= 0.3 is 0 Å². The molecule has 0 spiro atoms. The average molecular weight is 209 g/mol. The highest BCUT2D eigenvalue weighted by molar-refractivity contribution is 5.12. The minimum Gasteiger partial charge on any atom is -0.396 e. The number of nitrogens with zero attached hydrogens (tertiary/aromatic N) is 2. The lowest BCUT2D eigenvalue weighted by molar-refractivity contribution is 0.264. The number of hydrogen-bond donors (Lipinski definition) is 2. The van der Waals surface area contributed by atoms with Gasteiger partial charge in [-0.05, 0) is 27.2 Å². The van der Waals surface area contributed by atoms with Crippen LogP contribution < -0.4 is 5.32 Å². The summed E-state index contributed by atoms with van der Waals surface area (Å²) in [5.41, 5.74) is 1.93. The molecule has 0 radical (unpaired) electrons. The first-order valence-corrected chi connectivity index (χ1v) is 5.29. The first-order chi connectivity index (χ1) is 7.15. The Balaban J connectivity index is 2.61. The average Bonchev–Trinajstić information content (AvgIpc) is 2.18. The van der Waals surface area contributed by atoms with Crippen molar-refractivity contribution in [2.45, 2.75) is 39.3 Å². The minimum absolute atomic E-state index is 0.167. The van der Waals surface area contributed by atoms with Crippen molar-refractivity contribution in [2.24, 2.45) is 0 Å². The third kappa shape index (κ3) is 3.57. The Morgan fingerprint density at radius 3 is 2.60 bits per heavy atom. The number of nitrogens with one attached hydrogen (secondary N) is 1. The van der Waals surface area contributed by atoms with Gasteiger partial charge in [0.2, 0.25) is 0 Å². The van der Waals surface area contributed by atoms with Gasteiger partial charge in [-0.1, -0.05) is 0 Å². The smallest absolute Gasteiger partial charge is 0.0782 e. The maximum absolute atomic E-state index is 8.81. The molecule has 0 amide bonds. The zero-order chi connectivity index (χ0) is 11.3. The highest BCUT2D eigenvalue weighted by Crippen LogP contribution is 2.12. The largest absolute Gasteiger partial charge is 0.396 e. The lowest BCUT2D eigenvalue weighted by Gasteiger charge is -2.19. The van der Waals surface area contributed by atoms with Crippen LogP contribution >= 0.6 is 0 Å². The van der Waals surface area contributed by atoms with Crippen LogP contribution in [-0.4, -0.2) is 27.7 Å². The summed E-state index contributed by atoms with van der Waals surface area (Å²) < 4.78 is 0. The first kappa shape index (κ1) is 12.1. The van der Waals surface area contributed by atoms with Crippen molar-refractivity contribution >= 4 is 0 Å². The van der Waals surface area contributed by atoms with Gasteiger partial charge in [-0.3, -0.25) is 9.97 Å². The van der Waals surface area contributed by atoms with Crippen LogP contribution in [0, 0.1) is 6.92 Å². The molecule has 15 heavy (non-hydrogen) atoms. The Bertz CT molecular complexity index is 304. The summed E-state index contributed by atoms with van der Waals surface area (Å²) >= 11 is 0. The molecule has 2 atom stereocenters. The van der Waals surface area contributed by atoms with E-state index in [4.69, 9.17) is 5.11 Å². The predicted molar refractivity (Wildman–Crippen MR) is 59.5 cm³/mol. The lowest BCUT2D eigenvalue weighted by atomic mass is 10.1. The normalized spacial score (nSPS) is 14.9. The van der Waals surface area contributed by atoms with Gasteiger partial charge in [-0.15, -0.1) is 0 Å². The van der Waals surface area contributed by atoms with Gasteiger partial charge < -0.3 is 10.4 Å². The molecule has 0 aromatic carbocycles. The van der Waals surface area contributed by atoms with Crippen LogP contribution in [0.25, 0.3) is 0 Å². The van der Waals surface area contributed by atoms with Crippen LogP contribution in [0.4, 0.5) is 0 Å². The van der Waals surface area contributed by atoms with E-state index in [9.17, 15) is 0 Å². The van der Waals surface area contributed by atoms with Crippen molar-refractivity contribution in [3.8, 4) is 0 Å². The number of aromatic nitrogens is 2. The summed E-state index contributed by atoms with van der Waals surface area (Å²) in [6.07, 6.45) is 4.16. The molecule has 0 saturated heterocycles. The minimum atomic E-state index is 0.167. The Labute approximate surface area is 90.8 Å². The molecule has 0 aliphatic heterocycles. The van der Waals surface area contributed by atoms with E-state index in [0.717, 1.165) is 17.8 Å². The number of aliphatic hydroxyl groups is 1. The highest BCUT2D eigenvalue weighted by Gasteiger charge is 2.12. The number of rotatable bonds is 5. The molecule has 1 aromatic heterocycles. The number of hydrogen-bond acceptors (Lipinski definition) is 4. The van der Waals surface area contributed by atoms with E-state index >= 15 is 0 Å². The quantitative estimate of drug-likeness (QED) is 0.765. The molecule has 4 heteroatoms. The van der Waals surface area contributed by atoms with Crippen molar-refractivity contribution in [3.05, 3.63) is 23.8 Å². The van der Waals surface area contributed by atoms with Crippen LogP contribution in [-0.2, 0) is 0 Å². The molecule has 1 rings (SSSR count). The highest BCUT2D eigenvalue weighted by atomic mass is 16.3. The summed E-state index contributed by atoms with van der Waals surface area (Å²) in [6, 6.07) is 0.451. The Kier molecular flexibility index (Phi) is 4.65. The van der Waals surface area contributed by atoms with E-state index in [1.54, 1.807) is 12.4 Å². The third-order valence-electron chi connectivity index (χ3n) is 2.43. The van der Waals surface area contributed by atoms with Gasteiger partial charge in [-0.2, -0.15) is 0 Å². The third-order valence-corrected chi connectivity index (χ3v) is 2.43. The predicted octanol–water partition coefficient (Wildman–Crippen LogP) is 1.21. The molecule has 0 aliphatic rings. The summed E-state index contributed by atoms with van der Waals surface area (Å²) in [5.74, 6) is 0. The zero-order valence-corrected chi connectivity index (χ0v) is 9.57. The van der Waals surface area contributed by atoms with E-state index in [-0.39, 0.29) is 18.7 Å². The van der Waals surface area contributed by atoms with Gasteiger partial charge in [0, 0.05) is 31.1 Å². The van der Waals surface area contributed by atoms with Gasteiger partial charge in [0.25, 0.3) is 0 Å². The Morgan fingerprint density at radius 1 is 1.33 bits per heavy atom. The molecule has 0 fully saturated rings. The fraction of sp³-hybridized carbons (Fsp3) is 0.636. The summed E-state index contributed by atoms with van der Waals surface area (Å²) in [7, 11) is 0. The summed E-state index contributed by atoms with van der Waals surface area (Å²) in [6.45, 7) is 6.28. The number of aliphatic hydroxyl groups excluding tert-OH is 1. The molecular weight excluding hydrogens is 190 g/mol. The molecule has 84 valence electrons. The molecule has 0 aliphatic carbocycles. The molecule has 0 bridgehead atoms. The first-order valence-electron chi connectivity index (χ1n) is 5.29. The molecule has 1 heterocycles. The number of aryl methyl sites for hydroxylation is 1. The van der Waals surface area contributed by atoms with E-state index in [1.165, 1.54) is 0 Å². The van der Waals surface area contributed by atoms with Gasteiger partial charge in [0.15, 0.2) is 0 Å². The monoisotopic (exact) mass is 209 g/mol. The van der Waals surface area contributed by atoms with Crippen molar-refractivity contribution in [1.29, 1.82) is 0 Å². The van der Waals surface area contributed by atoms with Crippen molar-refractivity contribution in [2.75, 3.05) is 6.61 Å². The second kappa shape index (κ2) is 5.78. The van der Waals surface area contributed by atoms with Gasteiger partial charge in [0.1, 0.15) is 0 Å². The lowest BCUT2D eigenvalue weighted by Crippen LogP contribution is -2.30. The SMILES string of the molecule is Cc1nccnc1C(C)NC(C)CCO. The molecule has 4 nitrogen and oxygen atoms in total. The molecule has 0 saturated carbocycles. The standard InChI is InChI=1S/C11H19N3O/c1-8(4-7-15)14-10(3)11-9(2)12-5-6-13-11/h5-6,8,10,14-15H,4,7H2,1-3H3. The van der Waals surface area contributed by atoms with Crippen LogP contribution in [0.15, 0.2) is 12.4 Å². The topological polar surface area (TPSA) is 58.0 Å².